The van der Waals surface area contributed by atoms with Crippen molar-refractivity contribution >= 4 is 17.2 Å². The molecule has 168 valence electrons. The molecule has 2 atom stereocenters. The molecule has 3 aliphatic heterocycles. The van der Waals surface area contributed by atoms with E-state index in [1.165, 1.54) is 12.1 Å². The van der Waals surface area contributed by atoms with Gasteiger partial charge in [-0.2, -0.15) is 5.10 Å². The second-order valence-electron chi connectivity index (χ2n) is 8.68. The highest BCUT2D eigenvalue weighted by atomic mass is 19.1. The second-order valence-corrected chi connectivity index (χ2v) is 8.68. The average molecular weight is 438 g/mol. The molecule has 0 aromatic heterocycles. The zero-order valence-corrected chi connectivity index (χ0v) is 18.3. The number of benzene rings is 2. The summed E-state index contributed by atoms with van der Waals surface area (Å²) in [6.07, 6.45) is 1.66. The summed E-state index contributed by atoms with van der Waals surface area (Å²) < 4.78 is 25.7. The fourth-order valence-corrected chi connectivity index (χ4v) is 5.31. The number of fused-ring (bicyclic) bond motifs is 3. The molecule has 0 bridgehead atoms. The van der Waals surface area contributed by atoms with Crippen LogP contribution in [0.25, 0.3) is 0 Å². The summed E-state index contributed by atoms with van der Waals surface area (Å²) >= 11 is 0. The van der Waals surface area contributed by atoms with Gasteiger partial charge >= 0.3 is 0 Å². The van der Waals surface area contributed by atoms with Crippen LogP contribution >= 0.6 is 0 Å². The predicted molar refractivity (Wildman–Crippen MR) is 121 cm³/mol. The molecule has 3 aliphatic rings. The average Bonchev–Trinajstić information content (AvgIpc) is 3.16. The molecule has 0 amide bonds. The highest BCUT2D eigenvalue weighted by Gasteiger charge is 2.55. The van der Waals surface area contributed by atoms with Gasteiger partial charge in [-0.05, 0) is 37.1 Å². The van der Waals surface area contributed by atoms with Gasteiger partial charge in [0, 0.05) is 26.1 Å². The minimum Gasteiger partial charge on any atom is -0.489 e. The van der Waals surface area contributed by atoms with Gasteiger partial charge in [-0.1, -0.05) is 30.3 Å². The molecule has 6 nitrogen and oxygen atoms in total. The van der Waals surface area contributed by atoms with Gasteiger partial charge in [0.1, 0.15) is 35.6 Å². The third kappa shape index (κ3) is 3.59. The Labute approximate surface area is 187 Å². The van der Waals surface area contributed by atoms with Crippen LogP contribution in [0.15, 0.2) is 53.6 Å². The molecule has 0 radical (unpaired) electrons. The first kappa shape index (κ1) is 21.1. The fraction of sp³-hybridized carbons (Fsp3) is 0.440. The van der Waals surface area contributed by atoms with Gasteiger partial charge in [-0.15, -0.1) is 0 Å². The van der Waals surface area contributed by atoms with Crippen molar-refractivity contribution in [3.05, 3.63) is 59.9 Å². The maximum absolute atomic E-state index is 14.1. The first-order valence-corrected chi connectivity index (χ1v) is 11.3. The molecule has 1 fully saturated rings. The fourth-order valence-electron chi connectivity index (χ4n) is 5.31. The number of nitrogens with zero attached hydrogens (tertiary/aromatic N) is 3. The molecule has 2 aromatic rings. The summed E-state index contributed by atoms with van der Waals surface area (Å²) in [5.74, 6) is 0.177. The number of carbonyl (C=O) groups excluding carboxylic acids is 1. The summed E-state index contributed by atoms with van der Waals surface area (Å²) in [5.41, 5.74) is 1.53. The zero-order chi connectivity index (χ0) is 22.1. The van der Waals surface area contributed by atoms with Crippen molar-refractivity contribution in [3.8, 4) is 5.75 Å². The number of anilines is 1. The number of hydrogen-bond acceptors (Lipinski definition) is 6. The van der Waals surface area contributed by atoms with E-state index in [-0.39, 0.29) is 17.6 Å². The number of rotatable bonds is 6. The number of hydrogen-bond donors (Lipinski definition) is 0. The van der Waals surface area contributed by atoms with Crippen LogP contribution in [0.1, 0.15) is 25.3 Å². The van der Waals surface area contributed by atoms with E-state index in [4.69, 9.17) is 14.6 Å². The van der Waals surface area contributed by atoms with Crippen molar-refractivity contribution in [3.63, 3.8) is 0 Å². The maximum Gasteiger partial charge on any atom is 0.176 e. The van der Waals surface area contributed by atoms with E-state index >= 15 is 0 Å². The van der Waals surface area contributed by atoms with E-state index < -0.39 is 5.41 Å². The van der Waals surface area contributed by atoms with Gasteiger partial charge < -0.3 is 9.47 Å². The molecule has 1 saturated heterocycles. The summed E-state index contributed by atoms with van der Waals surface area (Å²) in [4.78, 5) is 15.3. The third-order valence-corrected chi connectivity index (χ3v) is 6.83. The Bertz CT molecular complexity index is 1020. The van der Waals surface area contributed by atoms with E-state index in [1.54, 1.807) is 13.0 Å². The minimum atomic E-state index is -0.622. The molecule has 2 aromatic carbocycles. The molecule has 0 saturated carbocycles. The van der Waals surface area contributed by atoms with Crippen LogP contribution in [-0.2, 0) is 14.9 Å². The van der Waals surface area contributed by atoms with Gasteiger partial charge in [0.25, 0.3) is 0 Å². The van der Waals surface area contributed by atoms with Gasteiger partial charge in [0.2, 0.25) is 0 Å². The first-order valence-electron chi connectivity index (χ1n) is 11.3. The lowest BCUT2D eigenvalue weighted by Crippen LogP contribution is -2.54. The summed E-state index contributed by atoms with van der Waals surface area (Å²) in [6.45, 7) is 6.26. The Hall–Kier alpha value is -2.77. The molecule has 0 spiro atoms. The quantitative estimate of drug-likeness (QED) is 0.693. The molecular weight excluding hydrogens is 409 g/mol. The Morgan fingerprint density at radius 1 is 1.19 bits per heavy atom. The third-order valence-electron chi connectivity index (χ3n) is 6.83. The molecule has 5 rings (SSSR count). The van der Waals surface area contributed by atoms with Crippen molar-refractivity contribution < 1.29 is 18.7 Å². The number of halogens is 1. The monoisotopic (exact) mass is 437 g/mol. The smallest absolute Gasteiger partial charge is 0.176 e. The molecule has 1 unspecified atom stereocenters. The molecule has 0 N–H and O–H groups in total. The SMILES string of the molecule is CC(=O)C1=NN2c3cc(F)ccc3OCC2[C@@]1(CCCN1CCOCC1)c1ccccc1. The van der Waals surface area contributed by atoms with Crippen molar-refractivity contribution in [1.82, 2.24) is 4.90 Å². The van der Waals surface area contributed by atoms with Crippen molar-refractivity contribution in [2.24, 2.45) is 5.10 Å². The second kappa shape index (κ2) is 8.64. The number of morpholine rings is 1. The van der Waals surface area contributed by atoms with Crippen LogP contribution < -0.4 is 9.75 Å². The summed E-state index contributed by atoms with van der Waals surface area (Å²) in [5, 5.41) is 6.63. The van der Waals surface area contributed by atoms with Gasteiger partial charge in [0.15, 0.2) is 5.78 Å². The van der Waals surface area contributed by atoms with Gasteiger partial charge in [-0.25, -0.2) is 4.39 Å². The maximum atomic E-state index is 14.1. The Morgan fingerprint density at radius 3 is 2.72 bits per heavy atom. The number of carbonyl (C=O) groups is 1. The highest BCUT2D eigenvalue weighted by molar-refractivity contribution is 6.43. The molecular formula is C25H28FN3O3. The zero-order valence-electron chi connectivity index (χ0n) is 18.3. The van der Waals surface area contributed by atoms with Crippen LogP contribution in [0.2, 0.25) is 0 Å². The van der Waals surface area contributed by atoms with E-state index in [0.29, 0.717) is 23.8 Å². The highest BCUT2D eigenvalue weighted by Crippen LogP contribution is 2.48. The lowest BCUT2D eigenvalue weighted by atomic mass is 9.67. The lowest BCUT2D eigenvalue weighted by molar-refractivity contribution is -0.111. The van der Waals surface area contributed by atoms with Gasteiger partial charge in [-0.3, -0.25) is 14.7 Å². The number of Topliss-reactive ketones (excluding diaryl/α,β-unsaturated/α-hetero) is 1. The van der Waals surface area contributed by atoms with Crippen LogP contribution in [-0.4, -0.2) is 61.9 Å². The van der Waals surface area contributed by atoms with Crippen molar-refractivity contribution in [2.45, 2.75) is 31.2 Å². The molecule has 7 heteroatoms. The van der Waals surface area contributed by atoms with Crippen LogP contribution in [0, 0.1) is 5.82 Å². The van der Waals surface area contributed by atoms with E-state index in [0.717, 1.165) is 51.3 Å². The topological polar surface area (TPSA) is 54.4 Å². The molecule has 3 heterocycles. The standard InChI is InChI=1S/C25H28FN3O3/c1-18(30)24-25(19-6-3-2-4-7-19,10-5-11-28-12-14-31-15-13-28)23-17-32-22-9-8-20(26)16-21(22)29(23)27-24/h2-4,6-9,16,23H,5,10-15,17H2,1H3/t23?,25-/m1/s1. The molecule has 32 heavy (non-hydrogen) atoms. The first-order chi connectivity index (χ1) is 15.6. The van der Waals surface area contributed by atoms with Crippen LogP contribution in [0.5, 0.6) is 5.75 Å². The lowest BCUT2D eigenvalue weighted by Gasteiger charge is -2.42. The molecule has 0 aliphatic carbocycles. The largest absolute Gasteiger partial charge is 0.489 e. The van der Waals surface area contributed by atoms with E-state index in [9.17, 15) is 9.18 Å². The van der Waals surface area contributed by atoms with E-state index in [2.05, 4.69) is 17.0 Å². The van der Waals surface area contributed by atoms with Crippen molar-refractivity contribution in [2.75, 3.05) is 44.5 Å². The normalized spacial score (nSPS) is 25.0. The van der Waals surface area contributed by atoms with Crippen LogP contribution in [0.3, 0.4) is 0 Å². The Balaban J connectivity index is 1.54. The van der Waals surface area contributed by atoms with E-state index in [1.807, 2.05) is 23.2 Å². The van der Waals surface area contributed by atoms with Gasteiger partial charge in [0.05, 0.1) is 18.6 Å². The Morgan fingerprint density at radius 2 is 1.97 bits per heavy atom. The number of ketones is 1. The predicted octanol–water partition coefficient (Wildman–Crippen LogP) is 3.40. The number of ether oxygens (including phenoxy) is 2. The summed E-state index contributed by atoms with van der Waals surface area (Å²) in [7, 11) is 0. The minimum absolute atomic E-state index is 0.0624. The summed E-state index contributed by atoms with van der Waals surface area (Å²) in [6, 6.07) is 14.3. The van der Waals surface area contributed by atoms with Crippen LogP contribution in [0.4, 0.5) is 10.1 Å². The Kier molecular flexibility index (Phi) is 5.69. The number of hydrazone groups is 1. The van der Waals surface area contributed by atoms with Crippen molar-refractivity contribution in [1.29, 1.82) is 0 Å².